The Labute approximate surface area is 203 Å². The molecule has 0 aromatic carbocycles. The van der Waals surface area contributed by atoms with E-state index in [9.17, 15) is 18.7 Å². The van der Waals surface area contributed by atoms with Crippen LogP contribution in [0.5, 0.6) is 0 Å². The standard InChI is InChI=1S/C23H32F2N6O3Si/c1-35(2,3)12-11-34-15-30-9-6-17-20(27-16-5-4-8-29(14-16)23(32)33)18(13-26-21(17)30)19-7-10-31(28-19)22(24)25/h6-7,9-10,13,16,22H,4-5,8,11-12,14-15H2,1-3H3,(H,26,27)(H,32,33)/t16-/m1/s1. The Kier molecular flexibility index (Phi) is 7.41. The molecule has 0 aliphatic carbocycles. The molecular formula is C23H32F2N6O3Si. The number of amides is 1. The number of nitrogens with zero attached hydrogens (tertiary/aromatic N) is 5. The quantitative estimate of drug-likeness (QED) is 0.307. The summed E-state index contributed by atoms with van der Waals surface area (Å²) in [5.74, 6) is 0. The number of anilines is 1. The van der Waals surface area contributed by atoms with Crippen molar-refractivity contribution in [3.63, 3.8) is 0 Å². The van der Waals surface area contributed by atoms with Gasteiger partial charge in [0.05, 0.1) is 11.4 Å². The molecule has 0 bridgehead atoms. The van der Waals surface area contributed by atoms with Crippen LogP contribution in [-0.2, 0) is 11.5 Å². The van der Waals surface area contributed by atoms with E-state index in [0.717, 1.165) is 24.3 Å². The average molecular weight is 507 g/mol. The van der Waals surface area contributed by atoms with Crippen molar-refractivity contribution in [2.75, 3.05) is 25.0 Å². The molecule has 190 valence electrons. The average Bonchev–Trinajstić information content (AvgIpc) is 3.44. The summed E-state index contributed by atoms with van der Waals surface area (Å²) in [6, 6.07) is 4.38. The van der Waals surface area contributed by atoms with Crippen LogP contribution in [0.1, 0.15) is 19.4 Å². The number of hydrogen-bond acceptors (Lipinski definition) is 5. The molecule has 0 unspecified atom stereocenters. The Bertz CT molecular complexity index is 1180. The highest BCUT2D eigenvalue weighted by atomic mass is 28.3. The number of ether oxygens (including phenoxy) is 1. The highest BCUT2D eigenvalue weighted by Gasteiger charge is 2.26. The molecule has 1 aliphatic rings. The van der Waals surface area contributed by atoms with Crippen LogP contribution in [-0.4, -0.2) is 69.2 Å². The summed E-state index contributed by atoms with van der Waals surface area (Å²) in [5, 5.41) is 17.7. The predicted molar refractivity (Wildman–Crippen MR) is 133 cm³/mol. The number of carbonyl (C=O) groups is 1. The highest BCUT2D eigenvalue weighted by Crippen LogP contribution is 2.35. The molecule has 0 radical (unpaired) electrons. The molecule has 4 heterocycles. The molecule has 12 heteroatoms. The second-order valence-electron chi connectivity index (χ2n) is 10.1. The van der Waals surface area contributed by atoms with Gasteiger partial charge in [0.2, 0.25) is 0 Å². The number of halogens is 2. The van der Waals surface area contributed by atoms with Crippen molar-refractivity contribution in [3.05, 3.63) is 30.7 Å². The zero-order valence-corrected chi connectivity index (χ0v) is 21.2. The number of hydrogen-bond donors (Lipinski definition) is 2. The largest absolute Gasteiger partial charge is 0.465 e. The van der Waals surface area contributed by atoms with Gasteiger partial charge in [-0.3, -0.25) is 0 Å². The third-order valence-corrected chi connectivity index (χ3v) is 7.84. The summed E-state index contributed by atoms with van der Waals surface area (Å²) in [5.41, 5.74) is 2.35. The first kappa shape index (κ1) is 25.1. The molecular weight excluding hydrogens is 474 g/mol. The van der Waals surface area contributed by atoms with Crippen molar-refractivity contribution in [3.8, 4) is 11.3 Å². The van der Waals surface area contributed by atoms with Gasteiger partial charge in [-0.2, -0.15) is 13.9 Å². The fraction of sp³-hybridized carbons (Fsp3) is 0.522. The van der Waals surface area contributed by atoms with E-state index in [1.807, 2.05) is 16.8 Å². The Morgan fingerprint density at radius 2 is 2.11 bits per heavy atom. The molecule has 1 aliphatic heterocycles. The normalized spacial score (nSPS) is 16.9. The van der Waals surface area contributed by atoms with Crippen LogP contribution in [0, 0.1) is 0 Å². The second kappa shape index (κ2) is 10.3. The molecule has 4 rings (SSSR count). The van der Waals surface area contributed by atoms with Crippen LogP contribution >= 0.6 is 0 Å². The minimum absolute atomic E-state index is 0.127. The van der Waals surface area contributed by atoms with Gasteiger partial charge in [0.1, 0.15) is 12.4 Å². The van der Waals surface area contributed by atoms with Gasteiger partial charge in [0.25, 0.3) is 0 Å². The zero-order valence-electron chi connectivity index (χ0n) is 20.2. The minimum Gasteiger partial charge on any atom is -0.465 e. The fourth-order valence-corrected chi connectivity index (χ4v) is 4.95. The van der Waals surface area contributed by atoms with Crippen LogP contribution in [0.3, 0.4) is 0 Å². The number of alkyl halides is 2. The van der Waals surface area contributed by atoms with Crippen molar-refractivity contribution in [1.29, 1.82) is 0 Å². The fourth-order valence-electron chi connectivity index (χ4n) is 4.20. The maximum atomic E-state index is 13.2. The van der Waals surface area contributed by atoms with Gasteiger partial charge in [0.15, 0.2) is 0 Å². The number of pyridine rings is 1. The zero-order chi connectivity index (χ0) is 25.2. The molecule has 1 saturated heterocycles. The number of piperidine rings is 1. The summed E-state index contributed by atoms with van der Waals surface area (Å²) in [6.07, 6.45) is 5.33. The van der Waals surface area contributed by atoms with Crippen molar-refractivity contribution >= 4 is 30.9 Å². The number of carboxylic acid groups (broad SMARTS) is 1. The highest BCUT2D eigenvalue weighted by molar-refractivity contribution is 6.76. The first-order valence-electron chi connectivity index (χ1n) is 11.8. The third-order valence-electron chi connectivity index (χ3n) is 6.14. The van der Waals surface area contributed by atoms with E-state index >= 15 is 0 Å². The van der Waals surface area contributed by atoms with E-state index in [4.69, 9.17) is 4.74 Å². The van der Waals surface area contributed by atoms with E-state index in [2.05, 4.69) is 35.0 Å². The number of likely N-dealkylation sites (tertiary alicyclic amines) is 1. The van der Waals surface area contributed by atoms with Gasteiger partial charge in [0, 0.05) is 63.4 Å². The molecule has 0 spiro atoms. The molecule has 3 aromatic rings. The molecule has 3 aromatic heterocycles. The van der Waals surface area contributed by atoms with E-state index in [1.165, 1.54) is 17.2 Å². The topological polar surface area (TPSA) is 97.4 Å². The Balaban J connectivity index is 1.65. The number of nitrogens with one attached hydrogen (secondary N) is 1. The molecule has 1 amide bonds. The van der Waals surface area contributed by atoms with Gasteiger partial charge in [-0.05, 0) is 31.0 Å². The van der Waals surface area contributed by atoms with Crippen LogP contribution in [0.2, 0.25) is 25.7 Å². The third kappa shape index (κ3) is 5.99. The molecule has 0 saturated carbocycles. The predicted octanol–water partition coefficient (Wildman–Crippen LogP) is 5.16. The van der Waals surface area contributed by atoms with Crippen LogP contribution in [0.15, 0.2) is 30.7 Å². The van der Waals surface area contributed by atoms with Crippen LogP contribution in [0.4, 0.5) is 19.3 Å². The Hall–Kier alpha value is -2.99. The lowest BCUT2D eigenvalue weighted by Gasteiger charge is -2.32. The first-order chi connectivity index (χ1) is 16.6. The summed E-state index contributed by atoms with van der Waals surface area (Å²) < 4.78 is 34.7. The Morgan fingerprint density at radius 1 is 1.31 bits per heavy atom. The number of aromatic nitrogens is 4. The van der Waals surface area contributed by atoms with Crippen molar-refractivity contribution in [1.82, 2.24) is 24.2 Å². The maximum Gasteiger partial charge on any atom is 0.407 e. The molecule has 1 atom stereocenters. The van der Waals surface area contributed by atoms with E-state index in [1.54, 1.807) is 6.20 Å². The van der Waals surface area contributed by atoms with E-state index in [-0.39, 0.29) is 6.04 Å². The first-order valence-corrected chi connectivity index (χ1v) is 15.5. The van der Waals surface area contributed by atoms with E-state index < -0.39 is 20.7 Å². The van der Waals surface area contributed by atoms with Gasteiger partial charge in [-0.1, -0.05) is 19.6 Å². The van der Waals surface area contributed by atoms with Gasteiger partial charge in [-0.15, -0.1) is 0 Å². The summed E-state index contributed by atoms with van der Waals surface area (Å²) in [4.78, 5) is 17.5. The molecule has 9 nitrogen and oxygen atoms in total. The Morgan fingerprint density at radius 3 is 2.80 bits per heavy atom. The SMILES string of the molecule is C[Si](C)(C)CCOCn1ccc2c(N[C@@H]3CCCN(C(=O)O)C3)c(-c3ccn(C(F)F)n3)cnc21. The van der Waals surface area contributed by atoms with Crippen molar-refractivity contribution < 1.29 is 23.4 Å². The molecule has 2 N–H and O–H groups in total. The van der Waals surface area contributed by atoms with Gasteiger partial charge in [-0.25, -0.2) is 14.5 Å². The molecule has 1 fully saturated rings. The monoisotopic (exact) mass is 506 g/mol. The summed E-state index contributed by atoms with van der Waals surface area (Å²) in [6.45, 7) is 6.03. The van der Waals surface area contributed by atoms with Crippen molar-refractivity contribution in [2.45, 2.75) is 57.8 Å². The maximum absolute atomic E-state index is 13.2. The molecule has 35 heavy (non-hydrogen) atoms. The second-order valence-corrected chi connectivity index (χ2v) is 15.7. The summed E-state index contributed by atoms with van der Waals surface area (Å²) in [7, 11) is -1.20. The number of rotatable bonds is 9. The smallest absolute Gasteiger partial charge is 0.407 e. The van der Waals surface area contributed by atoms with Crippen molar-refractivity contribution in [2.24, 2.45) is 0 Å². The van der Waals surface area contributed by atoms with Gasteiger partial charge >= 0.3 is 12.6 Å². The number of fused-ring (bicyclic) bond motifs is 1. The summed E-state index contributed by atoms with van der Waals surface area (Å²) >= 11 is 0. The van der Waals surface area contributed by atoms with E-state index in [0.29, 0.717) is 53.7 Å². The minimum atomic E-state index is -2.74. The van der Waals surface area contributed by atoms with Crippen LogP contribution < -0.4 is 5.32 Å². The lowest BCUT2D eigenvalue weighted by atomic mass is 10.0. The lowest BCUT2D eigenvalue weighted by molar-refractivity contribution is 0.0568. The van der Waals surface area contributed by atoms with Crippen LogP contribution in [0.25, 0.3) is 22.3 Å². The lowest BCUT2D eigenvalue weighted by Crippen LogP contribution is -2.44. The van der Waals surface area contributed by atoms with Gasteiger partial charge < -0.3 is 24.6 Å².